The molecule has 2 aromatic carbocycles. The third-order valence-electron chi connectivity index (χ3n) is 7.96. The highest BCUT2D eigenvalue weighted by Gasteiger charge is 2.70. The second kappa shape index (κ2) is 7.81. The number of aliphatic hydroxyl groups is 1. The van der Waals surface area contributed by atoms with E-state index >= 15 is 0 Å². The zero-order valence-corrected chi connectivity index (χ0v) is 19.4. The minimum atomic E-state index is -0.754. The van der Waals surface area contributed by atoms with Gasteiger partial charge in [-0.3, -0.25) is 19.3 Å². The van der Waals surface area contributed by atoms with Crippen molar-refractivity contribution in [3.63, 3.8) is 0 Å². The largest absolute Gasteiger partial charge is 0.387 e. The lowest BCUT2D eigenvalue weighted by Gasteiger charge is -2.46. The summed E-state index contributed by atoms with van der Waals surface area (Å²) in [5, 5.41) is 12.8. The normalized spacial score (nSPS) is 27.7. The molecule has 0 bridgehead atoms. The first-order valence-electron chi connectivity index (χ1n) is 11.6. The van der Waals surface area contributed by atoms with Crippen LogP contribution in [0, 0.1) is 5.41 Å². The molecule has 0 aliphatic carbocycles. The molecule has 0 saturated carbocycles. The van der Waals surface area contributed by atoms with Crippen molar-refractivity contribution < 1.29 is 19.5 Å². The molecule has 3 heterocycles. The molecule has 3 aliphatic rings. The number of hydrogen-bond acceptors (Lipinski definition) is 4. The molecule has 0 unspecified atom stereocenters. The number of fused-ring (bicyclic) bond motifs is 5. The number of piperazine rings is 1. The van der Waals surface area contributed by atoms with E-state index < -0.39 is 41.6 Å². The fourth-order valence-corrected chi connectivity index (χ4v) is 6.17. The van der Waals surface area contributed by atoms with E-state index in [4.69, 9.17) is 0 Å². The predicted octanol–water partition coefficient (Wildman–Crippen LogP) is 2.14. The van der Waals surface area contributed by atoms with Crippen LogP contribution in [-0.2, 0) is 26.2 Å². The Hall–Kier alpha value is -3.45. The molecule has 0 radical (unpaired) electrons. The maximum absolute atomic E-state index is 13.9. The quantitative estimate of drug-likeness (QED) is 0.671. The molecular formula is C27H29N3O4. The lowest BCUT2D eigenvalue weighted by molar-refractivity contribution is -0.149. The lowest BCUT2D eigenvalue weighted by Crippen LogP contribution is -2.67. The number of anilines is 1. The smallest absolute Gasteiger partial charge is 0.254 e. The van der Waals surface area contributed by atoms with Gasteiger partial charge in [0, 0.05) is 17.5 Å². The first-order valence-corrected chi connectivity index (χ1v) is 11.6. The maximum atomic E-state index is 13.9. The van der Waals surface area contributed by atoms with Gasteiger partial charge in [0.1, 0.15) is 24.9 Å². The molecule has 2 fully saturated rings. The average Bonchev–Trinajstić information content (AvgIpc) is 3.35. The Bertz CT molecular complexity index is 1180. The number of aliphatic hydroxyl groups excluding tert-OH is 1. The van der Waals surface area contributed by atoms with E-state index in [1.54, 1.807) is 4.90 Å². The van der Waals surface area contributed by atoms with Crippen LogP contribution in [0.2, 0.25) is 0 Å². The minimum Gasteiger partial charge on any atom is -0.387 e. The summed E-state index contributed by atoms with van der Waals surface area (Å²) in [6.07, 6.45) is 1.82. The van der Waals surface area contributed by atoms with Crippen LogP contribution in [0.5, 0.6) is 0 Å². The molecule has 3 amide bonds. The van der Waals surface area contributed by atoms with Crippen LogP contribution in [0.1, 0.15) is 31.4 Å². The minimum absolute atomic E-state index is 0.219. The van der Waals surface area contributed by atoms with Crippen molar-refractivity contribution in [3.8, 4) is 0 Å². The van der Waals surface area contributed by atoms with Gasteiger partial charge in [0.15, 0.2) is 0 Å². The van der Waals surface area contributed by atoms with Gasteiger partial charge in [-0.2, -0.15) is 0 Å². The fraction of sp³-hybridized carbons (Fsp3) is 0.370. The number of carbonyl (C=O) groups is 3. The summed E-state index contributed by atoms with van der Waals surface area (Å²) in [6.45, 7) is 7.43. The van der Waals surface area contributed by atoms with Gasteiger partial charge in [0.05, 0.1) is 0 Å². The molecule has 3 aliphatic heterocycles. The zero-order chi connectivity index (χ0) is 24.3. The van der Waals surface area contributed by atoms with E-state index in [-0.39, 0.29) is 11.8 Å². The lowest BCUT2D eigenvalue weighted by atomic mass is 9.60. The first kappa shape index (κ1) is 22.3. The first-order chi connectivity index (χ1) is 16.3. The van der Waals surface area contributed by atoms with Crippen LogP contribution in [0.15, 0.2) is 67.3 Å². The van der Waals surface area contributed by atoms with Gasteiger partial charge < -0.3 is 15.3 Å². The van der Waals surface area contributed by atoms with E-state index in [1.807, 2.05) is 74.5 Å². The summed E-state index contributed by atoms with van der Waals surface area (Å²) >= 11 is 0. The summed E-state index contributed by atoms with van der Waals surface area (Å²) in [5.74, 6) is -0.940. The third-order valence-corrected chi connectivity index (χ3v) is 7.96. The number of para-hydroxylation sites is 1. The predicted molar refractivity (Wildman–Crippen MR) is 128 cm³/mol. The van der Waals surface area contributed by atoms with Gasteiger partial charge in [-0.1, -0.05) is 68.5 Å². The highest BCUT2D eigenvalue weighted by Crippen LogP contribution is 2.62. The Kier molecular flexibility index (Phi) is 5.13. The van der Waals surface area contributed by atoms with E-state index in [9.17, 15) is 19.5 Å². The molecular weight excluding hydrogens is 430 g/mol. The number of amides is 3. The van der Waals surface area contributed by atoms with Crippen LogP contribution >= 0.6 is 0 Å². The second-order valence-electron chi connectivity index (χ2n) is 9.93. The van der Waals surface area contributed by atoms with E-state index in [0.717, 1.165) is 11.1 Å². The Morgan fingerprint density at radius 1 is 1.18 bits per heavy atom. The van der Waals surface area contributed by atoms with Crippen molar-refractivity contribution in [1.82, 2.24) is 10.2 Å². The maximum Gasteiger partial charge on any atom is 0.254 e. The van der Waals surface area contributed by atoms with Crippen molar-refractivity contribution in [3.05, 3.63) is 78.4 Å². The number of carbonyl (C=O) groups excluding carboxylic acids is 3. The van der Waals surface area contributed by atoms with Gasteiger partial charge in [-0.15, -0.1) is 6.58 Å². The molecule has 7 nitrogen and oxygen atoms in total. The molecule has 176 valence electrons. The highest BCUT2D eigenvalue weighted by atomic mass is 16.3. The monoisotopic (exact) mass is 459 g/mol. The topological polar surface area (TPSA) is 90.0 Å². The number of nitrogens with one attached hydrogen (secondary N) is 1. The van der Waals surface area contributed by atoms with Crippen molar-refractivity contribution in [2.24, 2.45) is 5.41 Å². The molecule has 2 N–H and O–H groups in total. The molecule has 2 saturated heterocycles. The van der Waals surface area contributed by atoms with Crippen LogP contribution in [0.4, 0.5) is 5.69 Å². The van der Waals surface area contributed by atoms with Gasteiger partial charge in [-0.05, 0) is 29.0 Å². The molecule has 0 spiro atoms. The molecule has 7 heteroatoms. The second-order valence-corrected chi connectivity index (χ2v) is 9.93. The number of nitrogens with zero attached hydrogens (tertiary/aromatic N) is 2. The average molecular weight is 460 g/mol. The fourth-order valence-electron chi connectivity index (χ4n) is 6.17. The molecule has 4 atom stereocenters. The van der Waals surface area contributed by atoms with Crippen molar-refractivity contribution in [1.29, 1.82) is 0 Å². The van der Waals surface area contributed by atoms with Crippen LogP contribution in [0.25, 0.3) is 0 Å². The summed E-state index contributed by atoms with van der Waals surface area (Å²) in [7, 11) is 0. The Labute approximate surface area is 199 Å². The number of allylic oxidation sites excluding steroid dienone is 1. The SMILES string of the molecule is C=CC(C)(C)[C@@]12C[C@H]3C(=O)N[C@@H](Cc4ccccc4)C(=O)N3[C@@H]1N(C(=O)CO)c1ccccc12. The Morgan fingerprint density at radius 3 is 2.53 bits per heavy atom. The standard InChI is InChI=1S/C27H29N3O4/c1-4-26(2,3)27-15-21-23(33)28-19(14-17-10-6-5-7-11-17)24(34)30(21)25(27)29(22(32)16-31)20-13-9-8-12-18(20)27/h4-13,19,21,25,31H,1,14-16H2,2-3H3,(H,28,33)/t19-,21-,25-,27+/m0/s1. The van der Waals surface area contributed by atoms with E-state index in [1.165, 1.54) is 4.90 Å². The molecule has 5 rings (SSSR count). The highest BCUT2D eigenvalue weighted by molar-refractivity contribution is 6.03. The van der Waals surface area contributed by atoms with Gasteiger partial charge in [0.2, 0.25) is 11.8 Å². The van der Waals surface area contributed by atoms with Gasteiger partial charge in [-0.25, -0.2) is 0 Å². The summed E-state index contributed by atoms with van der Waals surface area (Å²) in [6, 6.07) is 15.6. The van der Waals surface area contributed by atoms with Crippen molar-refractivity contribution in [2.45, 2.75) is 50.4 Å². The van der Waals surface area contributed by atoms with Gasteiger partial charge in [0.25, 0.3) is 5.91 Å². The Morgan fingerprint density at radius 2 is 1.85 bits per heavy atom. The van der Waals surface area contributed by atoms with E-state index in [0.29, 0.717) is 18.5 Å². The van der Waals surface area contributed by atoms with Crippen LogP contribution in [-0.4, -0.2) is 52.6 Å². The molecule has 0 aromatic heterocycles. The summed E-state index contributed by atoms with van der Waals surface area (Å²) in [5.41, 5.74) is 1.18. The molecule has 34 heavy (non-hydrogen) atoms. The Balaban J connectivity index is 1.67. The third kappa shape index (κ3) is 2.89. The summed E-state index contributed by atoms with van der Waals surface area (Å²) in [4.78, 5) is 43.6. The number of hydrogen-bond donors (Lipinski definition) is 2. The molecule has 2 aromatic rings. The van der Waals surface area contributed by atoms with E-state index in [2.05, 4.69) is 11.9 Å². The van der Waals surface area contributed by atoms with Crippen LogP contribution < -0.4 is 10.2 Å². The number of benzene rings is 2. The van der Waals surface area contributed by atoms with Crippen molar-refractivity contribution >= 4 is 23.4 Å². The van der Waals surface area contributed by atoms with Crippen LogP contribution in [0.3, 0.4) is 0 Å². The summed E-state index contributed by atoms with van der Waals surface area (Å²) < 4.78 is 0. The van der Waals surface area contributed by atoms with Gasteiger partial charge >= 0.3 is 0 Å². The number of rotatable bonds is 5. The zero-order valence-electron chi connectivity index (χ0n) is 19.4. The van der Waals surface area contributed by atoms with Crippen molar-refractivity contribution in [2.75, 3.05) is 11.5 Å².